The van der Waals surface area contributed by atoms with E-state index < -0.39 is 23.0 Å². The first-order valence-corrected chi connectivity index (χ1v) is 11.1. The highest BCUT2D eigenvalue weighted by molar-refractivity contribution is 7.13. The molecule has 1 fully saturated rings. The molecule has 0 amide bonds. The van der Waals surface area contributed by atoms with Crippen molar-refractivity contribution in [1.82, 2.24) is 9.97 Å². The van der Waals surface area contributed by atoms with Crippen LogP contribution >= 0.6 is 11.3 Å². The summed E-state index contributed by atoms with van der Waals surface area (Å²) in [6.07, 6.45) is 7.74. The van der Waals surface area contributed by atoms with Crippen LogP contribution in [-0.4, -0.2) is 29.3 Å². The highest BCUT2D eigenvalue weighted by Gasteiger charge is 2.26. The number of benzene rings is 1. The van der Waals surface area contributed by atoms with E-state index in [0.29, 0.717) is 24.3 Å². The molecule has 1 aliphatic carbocycles. The third-order valence-corrected chi connectivity index (χ3v) is 6.32. The Balaban J connectivity index is 0.000000181. The molecule has 4 rings (SSSR count). The number of thiazole rings is 1. The van der Waals surface area contributed by atoms with Crippen molar-refractivity contribution < 1.29 is 18.0 Å². The molecule has 9 heteroatoms. The van der Waals surface area contributed by atoms with Crippen LogP contribution in [0.4, 0.5) is 18.9 Å². The molecule has 3 atom stereocenters. The van der Waals surface area contributed by atoms with Gasteiger partial charge in [0.15, 0.2) is 17.9 Å². The molecule has 3 aromatic rings. The second-order valence-electron chi connectivity index (χ2n) is 7.90. The van der Waals surface area contributed by atoms with Crippen LogP contribution in [0.5, 0.6) is 0 Å². The lowest BCUT2D eigenvalue weighted by molar-refractivity contribution is 0.111. The lowest BCUT2D eigenvalue weighted by atomic mass is 9.76. The maximum Gasteiger partial charge on any atom is 0.172 e. The van der Waals surface area contributed by atoms with Crippen molar-refractivity contribution in [3.63, 3.8) is 0 Å². The number of rotatable bonds is 4. The minimum atomic E-state index is -1.30. The average molecular weight is 463 g/mol. The number of halogens is 3. The van der Waals surface area contributed by atoms with Crippen molar-refractivity contribution in [2.45, 2.75) is 38.1 Å². The van der Waals surface area contributed by atoms with E-state index in [0.717, 1.165) is 41.9 Å². The molecule has 0 radical (unpaired) electrons. The van der Waals surface area contributed by atoms with E-state index in [1.807, 2.05) is 19.4 Å². The van der Waals surface area contributed by atoms with E-state index in [9.17, 15) is 18.0 Å². The number of pyridine rings is 1. The zero-order valence-corrected chi connectivity index (χ0v) is 18.6. The standard InChI is InChI=1S/C13H21N3.C10H4F3NOS/c1-9-5-10(7-11(14)6-9)12-3-4-16-8-13(12)15-2;11-6-1-2-7(12)9(13)8(6)10-14-5(3-15)4-16-10/h3-4,8-11,15H,5-7,14H2,1-2H3;1-4H. The molecule has 170 valence electrons. The second-order valence-corrected chi connectivity index (χ2v) is 8.75. The molecule has 2 heterocycles. The number of carbonyl (C=O) groups is 1. The molecule has 3 unspecified atom stereocenters. The van der Waals surface area contributed by atoms with Crippen LogP contribution in [-0.2, 0) is 0 Å². The fraction of sp³-hybridized carbons (Fsp3) is 0.348. The molecule has 1 aliphatic rings. The number of carbonyl (C=O) groups excluding carboxylic acids is 1. The molecule has 0 spiro atoms. The third kappa shape index (κ3) is 5.52. The van der Waals surface area contributed by atoms with Gasteiger partial charge in [0, 0.05) is 24.7 Å². The number of nitrogens with zero attached hydrogens (tertiary/aromatic N) is 2. The predicted molar refractivity (Wildman–Crippen MR) is 120 cm³/mol. The number of anilines is 1. The zero-order valence-electron chi connectivity index (χ0n) is 17.8. The van der Waals surface area contributed by atoms with Gasteiger partial charge in [-0.15, -0.1) is 11.3 Å². The Morgan fingerprint density at radius 1 is 1.16 bits per heavy atom. The summed E-state index contributed by atoms with van der Waals surface area (Å²) in [6.45, 7) is 2.30. The summed E-state index contributed by atoms with van der Waals surface area (Å²) >= 11 is 0.875. The fourth-order valence-corrected chi connectivity index (χ4v) is 4.86. The van der Waals surface area contributed by atoms with Crippen molar-refractivity contribution in [2.75, 3.05) is 12.4 Å². The summed E-state index contributed by atoms with van der Waals surface area (Å²) < 4.78 is 39.5. The molecule has 0 aliphatic heterocycles. The van der Waals surface area contributed by atoms with E-state index >= 15 is 0 Å². The van der Waals surface area contributed by atoms with Gasteiger partial charge in [0.2, 0.25) is 0 Å². The number of hydrogen-bond donors (Lipinski definition) is 2. The van der Waals surface area contributed by atoms with Crippen molar-refractivity contribution in [3.05, 3.63) is 64.7 Å². The Morgan fingerprint density at radius 2 is 1.91 bits per heavy atom. The first kappa shape index (κ1) is 23.9. The Hall–Kier alpha value is -2.78. The van der Waals surface area contributed by atoms with Crippen LogP contribution in [0.25, 0.3) is 10.6 Å². The van der Waals surface area contributed by atoms with Crippen molar-refractivity contribution in [3.8, 4) is 10.6 Å². The normalized spacial score (nSPS) is 20.2. The van der Waals surface area contributed by atoms with Crippen LogP contribution in [0.3, 0.4) is 0 Å². The van der Waals surface area contributed by atoms with Gasteiger partial charge in [0.25, 0.3) is 0 Å². The maximum atomic E-state index is 13.3. The van der Waals surface area contributed by atoms with Crippen molar-refractivity contribution >= 4 is 23.3 Å². The van der Waals surface area contributed by atoms with Crippen LogP contribution < -0.4 is 11.1 Å². The highest BCUT2D eigenvalue weighted by atomic mass is 32.1. The van der Waals surface area contributed by atoms with E-state index in [4.69, 9.17) is 5.73 Å². The van der Waals surface area contributed by atoms with E-state index in [1.54, 1.807) is 0 Å². The average Bonchev–Trinajstić information content (AvgIpc) is 3.25. The smallest absolute Gasteiger partial charge is 0.172 e. The van der Waals surface area contributed by atoms with Gasteiger partial charge in [-0.25, -0.2) is 18.2 Å². The lowest BCUT2D eigenvalue weighted by Crippen LogP contribution is -2.31. The van der Waals surface area contributed by atoms with E-state index in [1.165, 1.54) is 17.4 Å². The molecule has 1 saturated carbocycles. The summed E-state index contributed by atoms with van der Waals surface area (Å²) in [5.41, 5.74) is 8.14. The topological polar surface area (TPSA) is 80.9 Å². The van der Waals surface area contributed by atoms with E-state index in [2.05, 4.69) is 28.3 Å². The van der Waals surface area contributed by atoms with Gasteiger partial charge in [-0.3, -0.25) is 9.78 Å². The summed E-state index contributed by atoms with van der Waals surface area (Å²) in [6, 6.07) is 3.99. The quantitative estimate of drug-likeness (QED) is 0.401. The summed E-state index contributed by atoms with van der Waals surface area (Å²) in [7, 11) is 1.95. The van der Waals surface area contributed by atoms with Gasteiger partial charge < -0.3 is 11.1 Å². The number of aromatic nitrogens is 2. The minimum absolute atomic E-state index is 0.0584. The van der Waals surface area contributed by atoms with Crippen LogP contribution in [0.15, 0.2) is 36.0 Å². The van der Waals surface area contributed by atoms with E-state index in [-0.39, 0.29) is 10.7 Å². The first-order valence-electron chi connectivity index (χ1n) is 10.3. The highest BCUT2D eigenvalue weighted by Crippen LogP contribution is 2.38. The Labute approximate surface area is 188 Å². The number of nitrogens with two attached hydrogens (primary N) is 1. The number of aldehydes is 1. The SMILES string of the molecule is CNc1cnccc1C1CC(C)CC(N)C1.O=Cc1csc(-c2c(F)ccc(F)c2F)n1. The number of hydrogen-bond acceptors (Lipinski definition) is 6. The monoisotopic (exact) mass is 462 g/mol. The van der Waals surface area contributed by atoms with Gasteiger partial charge in [-0.2, -0.15) is 0 Å². The van der Waals surface area contributed by atoms with Crippen molar-refractivity contribution in [2.24, 2.45) is 11.7 Å². The molecule has 0 saturated heterocycles. The molecule has 2 aromatic heterocycles. The molecule has 5 nitrogen and oxygen atoms in total. The minimum Gasteiger partial charge on any atom is -0.387 e. The molecule has 32 heavy (non-hydrogen) atoms. The summed E-state index contributed by atoms with van der Waals surface area (Å²) in [5.74, 6) is -2.05. The second kappa shape index (κ2) is 10.7. The summed E-state index contributed by atoms with van der Waals surface area (Å²) in [4.78, 5) is 18.2. The van der Waals surface area contributed by atoms with Gasteiger partial charge in [0.1, 0.15) is 16.5 Å². The third-order valence-electron chi connectivity index (χ3n) is 5.44. The van der Waals surface area contributed by atoms with Gasteiger partial charge in [-0.05, 0) is 54.9 Å². The van der Waals surface area contributed by atoms with Crippen LogP contribution in [0.1, 0.15) is 48.2 Å². The molecule has 1 aromatic carbocycles. The lowest BCUT2D eigenvalue weighted by Gasteiger charge is -2.32. The number of nitrogens with one attached hydrogen (secondary N) is 1. The largest absolute Gasteiger partial charge is 0.387 e. The molecular weight excluding hydrogens is 437 g/mol. The predicted octanol–water partition coefficient (Wildman–Crippen LogP) is 5.39. The Bertz CT molecular complexity index is 1070. The summed E-state index contributed by atoms with van der Waals surface area (Å²) in [5, 5.41) is 4.50. The van der Waals surface area contributed by atoms with Gasteiger partial charge in [-0.1, -0.05) is 6.92 Å². The van der Waals surface area contributed by atoms with Crippen LogP contribution in [0.2, 0.25) is 0 Å². The fourth-order valence-electron chi connectivity index (χ4n) is 4.06. The first-order chi connectivity index (χ1) is 15.3. The molecule has 3 N–H and O–H groups in total. The van der Waals surface area contributed by atoms with Gasteiger partial charge in [0.05, 0.1) is 17.4 Å². The Kier molecular flexibility index (Phi) is 7.98. The van der Waals surface area contributed by atoms with Crippen LogP contribution in [0, 0.1) is 23.4 Å². The molecule has 0 bridgehead atoms. The zero-order chi connectivity index (χ0) is 23.3. The van der Waals surface area contributed by atoms with Crippen molar-refractivity contribution in [1.29, 1.82) is 0 Å². The maximum absolute atomic E-state index is 13.3. The Morgan fingerprint density at radius 3 is 2.56 bits per heavy atom. The molecular formula is C23H25F3N4OS. The van der Waals surface area contributed by atoms with Gasteiger partial charge >= 0.3 is 0 Å².